The van der Waals surface area contributed by atoms with Crippen molar-refractivity contribution in [2.24, 2.45) is 23.7 Å². The topological polar surface area (TPSA) is 27.7 Å². The molecule has 3 aliphatic rings. The van der Waals surface area contributed by atoms with Crippen LogP contribution >= 0.6 is 0 Å². The van der Waals surface area contributed by atoms with Crippen LogP contribution in [0.5, 0.6) is 5.75 Å². The number of halogens is 6. The van der Waals surface area contributed by atoms with Gasteiger partial charge in [-0.2, -0.15) is 8.78 Å². The SMILES string of the molecule is C/C=C/C1CCC(C2COC(c3ccc(C4CCC(C(F)(F)Oc5cc(F)c(F)c(F)c5)CC4)c(F)c3)OC2)CC1. The van der Waals surface area contributed by atoms with Gasteiger partial charge in [-0.1, -0.05) is 24.3 Å². The van der Waals surface area contributed by atoms with Crippen molar-refractivity contribution in [1.29, 1.82) is 0 Å². The average molecular weight is 583 g/mol. The minimum atomic E-state index is -3.72. The second-order valence-electron chi connectivity index (χ2n) is 11.7. The van der Waals surface area contributed by atoms with E-state index < -0.39 is 47.3 Å². The minimum absolute atomic E-state index is 0.0257. The maximum absolute atomic E-state index is 15.2. The van der Waals surface area contributed by atoms with Crippen LogP contribution in [0, 0.1) is 46.9 Å². The maximum Gasteiger partial charge on any atom is 0.400 e. The van der Waals surface area contributed by atoms with Crippen LogP contribution in [-0.4, -0.2) is 19.3 Å². The van der Waals surface area contributed by atoms with Crippen molar-refractivity contribution >= 4 is 0 Å². The molecule has 0 N–H and O–H groups in total. The lowest BCUT2D eigenvalue weighted by molar-refractivity contribution is -0.222. The molecule has 1 aliphatic heterocycles. The van der Waals surface area contributed by atoms with Gasteiger partial charge in [0.1, 0.15) is 11.6 Å². The van der Waals surface area contributed by atoms with E-state index in [2.05, 4.69) is 23.8 Å². The molecule has 3 fully saturated rings. The van der Waals surface area contributed by atoms with Crippen LogP contribution in [0.2, 0.25) is 0 Å². The van der Waals surface area contributed by atoms with Gasteiger partial charge in [-0.25, -0.2) is 17.6 Å². The van der Waals surface area contributed by atoms with Crippen molar-refractivity contribution in [2.45, 2.75) is 76.6 Å². The predicted molar refractivity (Wildman–Crippen MR) is 141 cm³/mol. The van der Waals surface area contributed by atoms with E-state index in [-0.39, 0.29) is 18.8 Å². The summed E-state index contributed by atoms with van der Waals surface area (Å²) >= 11 is 0. The van der Waals surface area contributed by atoms with Crippen LogP contribution in [0.3, 0.4) is 0 Å². The molecular formula is C32H36F6O3. The van der Waals surface area contributed by atoms with Crippen LogP contribution in [0.15, 0.2) is 42.5 Å². The summed E-state index contributed by atoms with van der Waals surface area (Å²) in [5.74, 6) is -6.10. The van der Waals surface area contributed by atoms with Gasteiger partial charge in [0.25, 0.3) is 0 Å². The first kappa shape index (κ1) is 30.0. The molecular weight excluding hydrogens is 546 g/mol. The number of ether oxygens (including phenoxy) is 3. The maximum atomic E-state index is 15.2. The van der Waals surface area contributed by atoms with Gasteiger partial charge in [-0.05, 0) is 87.7 Å². The molecule has 2 saturated carbocycles. The molecule has 0 spiro atoms. The van der Waals surface area contributed by atoms with E-state index in [4.69, 9.17) is 9.47 Å². The average Bonchev–Trinajstić information content (AvgIpc) is 2.96. The lowest BCUT2D eigenvalue weighted by Gasteiger charge is -2.37. The molecule has 0 atom stereocenters. The fourth-order valence-electron chi connectivity index (χ4n) is 6.66. The molecule has 1 heterocycles. The molecule has 1 saturated heterocycles. The zero-order chi connectivity index (χ0) is 29.1. The number of hydrogen-bond acceptors (Lipinski definition) is 3. The van der Waals surface area contributed by atoms with Crippen molar-refractivity contribution in [3.63, 3.8) is 0 Å². The predicted octanol–water partition coefficient (Wildman–Crippen LogP) is 9.23. The van der Waals surface area contributed by atoms with E-state index in [0.29, 0.717) is 67.1 Å². The Morgan fingerprint density at radius 2 is 1.41 bits per heavy atom. The highest BCUT2D eigenvalue weighted by atomic mass is 19.3. The molecule has 0 radical (unpaired) electrons. The first-order valence-electron chi connectivity index (χ1n) is 14.5. The molecule has 5 rings (SSSR count). The zero-order valence-electron chi connectivity index (χ0n) is 23.1. The Labute approximate surface area is 236 Å². The van der Waals surface area contributed by atoms with Crippen molar-refractivity contribution < 1.29 is 40.6 Å². The van der Waals surface area contributed by atoms with E-state index in [1.165, 1.54) is 18.9 Å². The molecule has 0 amide bonds. The van der Waals surface area contributed by atoms with Crippen molar-refractivity contribution in [2.75, 3.05) is 13.2 Å². The highest BCUT2D eigenvalue weighted by molar-refractivity contribution is 5.29. The van der Waals surface area contributed by atoms with E-state index in [0.717, 1.165) is 12.8 Å². The number of rotatable bonds is 7. The van der Waals surface area contributed by atoms with Crippen LogP contribution < -0.4 is 4.74 Å². The molecule has 3 nitrogen and oxygen atoms in total. The molecule has 2 aromatic rings. The minimum Gasteiger partial charge on any atom is -0.432 e. The van der Waals surface area contributed by atoms with Crippen LogP contribution in [-0.2, 0) is 9.47 Å². The Hall–Kier alpha value is -2.52. The van der Waals surface area contributed by atoms with Crippen LogP contribution in [0.25, 0.3) is 0 Å². The summed E-state index contributed by atoms with van der Waals surface area (Å²) in [5.41, 5.74) is 1.04. The number of hydrogen-bond donors (Lipinski definition) is 0. The monoisotopic (exact) mass is 582 g/mol. The molecule has 0 aromatic heterocycles. The Bertz CT molecular complexity index is 1190. The molecule has 224 valence electrons. The van der Waals surface area contributed by atoms with Crippen LogP contribution in [0.1, 0.15) is 81.6 Å². The highest BCUT2D eigenvalue weighted by Crippen LogP contribution is 2.44. The fourth-order valence-corrected chi connectivity index (χ4v) is 6.66. The highest BCUT2D eigenvalue weighted by Gasteiger charge is 2.44. The summed E-state index contributed by atoms with van der Waals surface area (Å²) in [5, 5.41) is 0. The Morgan fingerprint density at radius 3 is 2.00 bits per heavy atom. The summed E-state index contributed by atoms with van der Waals surface area (Å²) in [6, 6.07) is 5.64. The lowest BCUT2D eigenvalue weighted by Crippen LogP contribution is -2.37. The Balaban J connectivity index is 1.12. The molecule has 0 unspecified atom stereocenters. The summed E-state index contributed by atoms with van der Waals surface area (Å²) in [4.78, 5) is 0. The quantitative estimate of drug-likeness (QED) is 0.185. The van der Waals surface area contributed by atoms with Gasteiger partial charge in [0, 0.05) is 23.6 Å². The first-order valence-corrected chi connectivity index (χ1v) is 14.5. The normalized spacial score (nSPS) is 29.5. The van der Waals surface area contributed by atoms with Crippen molar-refractivity contribution in [1.82, 2.24) is 0 Å². The van der Waals surface area contributed by atoms with Crippen molar-refractivity contribution in [3.8, 4) is 5.75 Å². The second-order valence-corrected chi connectivity index (χ2v) is 11.7. The van der Waals surface area contributed by atoms with E-state index in [1.807, 2.05) is 0 Å². The third kappa shape index (κ3) is 6.94. The van der Waals surface area contributed by atoms with Gasteiger partial charge in [0.05, 0.1) is 19.1 Å². The van der Waals surface area contributed by atoms with Crippen molar-refractivity contribution in [3.05, 3.63) is 76.9 Å². The largest absolute Gasteiger partial charge is 0.432 e. The molecule has 2 aliphatic carbocycles. The second kappa shape index (κ2) is 12.8. The zero-order valence-corrected chi connectivity index (χ0v) is 23.1. The molecule has 0 bridgehead atoms. The van der Waals surface area contributed by atoms with Gasteiger partial charge in [-0.15, -0.1) is 0 Å². The third-order valence-electron chi connectivity index (χ3n) is 9.02. The third-order valence-corrected chi connectivity index (χ3v) is 9.02. The van der Waals surface area contributed by atoms with E-state index >= 15 is 4.39 Å². The summed E-state index contributed by atoms with van der Waals surface area (Å²) in [6.07, 6.45) is 5.37. The van der Waals surface area contributed by atoms with Gasteiger partial charge in [0.15, 0.2) is 23.7 Å². The number of benzene rings is 2. The van der Waals surface area contributed by atoms with Gasteiger partial charge < -0.3 is 14.2 Å². The molecule has 9 heteroatoms. The summed E-state index contributed by atoms with van der Waals surface area (Å²) in [6.45, 7) is 3.20. The van der Waals surface area contributed by atoms with Gasteiger partial charge in [0.2, 0.25) is 0 Å². The summed E-state index contributed by atoms with van der Waals surface area (Å²) in [7, 11) is 0. The standard InChI is InChI=1S/C32H36F6O3/c1-2-3-19-4-6-20(7-5-19)23-17-39-31(40-18-23)22-10-13-26(27(33)14-22)21-8-11-24(12-9-21)32(37,38)41-25-15-28(34)30(36)29(35)16-25/h2-3,10,13-16,19-21,23-24,31H,4-9,11-12,17-18H2,1H3/b3-2+. The smallest absolute Gasteiger partial charge is 0.400 e. The Kier molecular flexibility index (Phi) is 9.33. The van der Waals surface area contributed by atoms with E-state index in [9.17, 15) is 22.0 Å². The van der Waals surface area contributed by atoms with Crippen LogP contribution in [0.4, 0.5) is 26.3 Å². The summed E-state index contributed by atoms with van der Waals surface area (Å²) < 4.78 is 101. The molecule has 2 aromatic carbocycles. The fraction of sp³-hybridized carbons (Fsp3) is 0.562. The first-order chi connectivity index (χ1) is 19.6. The van der Waals surface area contributed by atoms with E-state index in [1.54, 1.807) is 12.1 Å². The number of allylic oxidation sites excluding steroid dienone is 2. The molecule has 41 heavy (non-hydrogen) atoms. The Morgan fingerprint density at radius 1 is 0.780 bits per heavy atom. The van der Waals surface area contributed by atoms with Gasteiger partial charge in [-0.3, -0.25) is 0 Å². The number of alkyl halides is 2. The lowest BCUT2D eigenvalue weighted by atomic mass is 9.76. The van der Waals surface area contributed by atoms with Gasteiger partial charge >= 0.3 is 6.11 Å².